The van der Waals surface area contributed by atoms with Crippen LogP contribution in [0.2, 0.25) is 0 Å². The molecule has 0 aromatic carbocycles. The van der Waals surface area contributed by atoms with Gasteiger partial charge in [0.2, 0.25) is 0 Å². The lowest BCUT2D eigenvalue weighted by atomic mass is 10.4. The maximum atomic E-state index is 14.3. The van der Waals surface area contributed by atoms with Crippen LogP contribution in [-0.4, -0.2) is 48.8 Å². The molecule has 10 heteroatoms. The molecule has 0 bridgehead atoms. The molecule has 0 spiro atoms. The third-order valence-corrected chi connectivity index (χ3v) is 5.69. The molecule has 1 aliphatic heterocycles. The zero-order chi connectivity index (χ0) is 15.4. The fourth-order valence-corrected chi connectivity index (χ4v) is 4.25. The fourth-order valence-electron chi connectivity index (χ4n) is 1.45. The monoisotopic (exact) mass is 331 g/mol. The van der Waals surface area contributed by atoms with Crippen molar-refractivity contribution in [3.05, 3.63) is 0 Å². The topological polar surface area (TPSA) is 74.2 Å². The Balaban J connectivity index is 3.03. The van der Waals surface area contributed by atoms with Crippen LogP contribution in [0.25, 0.3) is 0 Å². The van der Waals surface area contributed by atoms with Crippen LogP contribution >= 0.6 is 19.4 Å². The van der Waals surface area contributed by atoms with Crippen LogP contribution in [0, 0.1) is 0 Å². The van der Waals surface area contributed by atoms with Gasteiger partial charge in [0.15, 0.2) is 11.1 Å². The van der Waals surface area contributed by atoms with Crippen molar-refractivity contribution < 1.29 is 31.9 Å². The molecule has 1 atom stereocenters. The number of hydrogen-bond acceptors (Lipinski definition) is 7. The molecule has 1 heterocycles. The molecule has 116 valence electrons. The largest absolute Gasteiger partial charge is 0.467 e. The number of halogens is 2. The number of nitrogens with zero attached hydrogens (tertiary/aromatic N) is 1. The maximum Gasteiger partial charge on any atom is 0.406 e. The van der Waals surface area contributed by atoms with E-state index in [1.165, 1.54) is 13.8 Å². The fraction of sp³-hybridized carbons (Fsp3) is 0.800. The Labute approximate surface area is 119 Å². The average Bonchev–Trinajstić information content (AvgIpc) is 2.88. The highest BCUT2D eigenvalue weighted by atomic mass is 32.2. The van der Waals surface area contributed by atoms with E-state index in [4.69, 9.17) is 0 Å². The van der Waals surface area contributed by atoms with Crippen molar-refractivity contribution in [1.29, 1.82) is 0 Å². The Hall–Kier alpha value is -0.500. The SMILES string of the molecule is CCOP(=O)(OCC)C(F)(F)C1=NC(C(=O)OC)CS1. The molecule has 1 unspecified atom stereocenters. The number of rotatable bonds is 7. The second-order valence-corrected chi connectivity index (χ2v) is 6.74. The van der Waals surface area contributed by atoms with Gasteiger partial charge in [-0.2, -0.15) is 8.78 Å². The molecule has 0 amide bonds. The molecule has 6 nitrogen and oxygen atoms in total. The van der Waals surface area contributed by atoms with E-state index in [2.05, 4.69) is 18.8 Å². The van der Waals surface area contributed by atoms with Crippen molar-refractivity contribution in [3.8, 4) is 0 Å². The average molecular weight is 331 g/mol. The van der Waals surface area contributed by atoms with Gasteiger partial charge in [-0.05, 0) is 13.8 Å². The van der Waals surface area contributed by atoms with Gasteiger partial charge in [0, 0.05) is 5.75 Å². The van der Waals surface area contributed by atoms with Gasteiger partial charge in [-0.15, -0.1) is 11.8 Å². The lowest BCUT2D eigenvalue weighted by molar-refractivity contribution is -0.141. The number of ether oxygens (including phenoxy) is 1. The predicted octanol–water partition coefficient (Wildman–Crippen LogP) is 2.53. The summed E-state index contributed by atoms with van der Waals surface area (Å²) in [7, 11) is -3.53. The van der Waals surface area contributed by atoms with E-state index >= 15 is 0 Å². The van der Waals surface area contributed by atoms with Crippen molar-refractivity contribution in [2.24, 2.45) is 4.99 Å². The van der Waals surface area contributed by atoms with E-state index < -0.39 is 30.3 Å². The van der Waals surface area contributed by atoms with Gasteiger partial charge in [-0.25, -0.2) is 4.79 Å². The Morgan fingerprint density at radius 3 is 2.45 bits per heavy atom. The van der Waals surface area contributed by atoms with Crippen LogP contribution in [0.15, 0.2) is 4.99 Å². The minimum Gasteiger partial charge on any atom is -0.467 e. The number of methoxy groups -OCH3 is 1. The first-order valence-electron chi connectivity index (χ1n) is 5.88. The highest BCUT2D eigenvalue weighted by molar-refractivity contribution is 8.15. The third kappa shape index (κ3) is 3.39. The molecule has 0 fully saturated rings. The molecular weight excluding hydrogens is 315 g/mol. The lowest BCUT2D eigenvalue weighted by Gasteiger charge is -2.25. The van der Waals surface area contributed by atoms with E-state index in [1.807, 2.05) is 0 Å². The molecule has 0 aromatic heterocycles. The minimum atomic E-state index is -4.67. The van der Waals surface area contributed by atoms with E-state index in [0.717, 1.165) is 7.11 Å². The van der Waals surface area contributed by atoms with Crippen molar-refractivity contribution >= 4 is 30.4 Å². The molecule has 1 rings (SSSR count). The molecule has 0 N–H and O–H groups in total. The standard InChI is InChI=1S/C10H16F2NO5PS/c1-4-17-19(15,18-5-2)10(11,12)9-13-7(6-20-9)8(14)16-3/h7H,4-6H2,1-3H3. The van der Waals surface area contributed by atoms with Crippen molar-refractivity contribution in [1.82, 2.24) is 0 Å². The van der Waals surface area contributed by atoms with E-state index in [1.54, 1.807) is 0 Å². The van der Waals surface area contributed by atoms with Crippen molar-refractivity contribution in [2.75, 3.05) is 26.1 Å². The number of carbonyl (C=O) groups excluding carboxylic acids is 1. The number of thioether (sulfide) groups is 1. The Morgan fingerprint density at radius 1 is 1.45 bits per heavy atom. The normalized spacial score (nSPS) is 19.9. The van der Waals surface area contributed by atoms with Crippen LogP contribution in [0.5, 0.6) is 0 Å². The summed E-state index contributed by atoms with van der Waals surface area (Å²) in [5, 5.41) is -0.724. The summed E-state index contributed by atoms with van der Waals surface area (Å²) in [6.07, 6.45) is 0. The number of carbonyl (C=O) groups is 1. The zero-order valence-corrected chi connectivity index (χ0v) is 13.0. The second kappa shape index (κ2) is 6.98. The lowest BCUT2D eigenvalue weighted by Crippen LogP contribution is -2.28. The number of alkyl halides is 2. The number of hydrogen-bond donors (Lipinski definition) is 0. The van der Waals surface area contributed by atoms with Gasteiger partial charge in [-0.1, -0.05) is 0 Å². The quantitative estimate of drug-likeness (QED) is 0.527. The van der Waals surface area contributed by atoms with E-state index in [0.29, 0.717) is 11.8 Å². The summed E-state index contributed by atoms with van der Waals surface area (Å²) in [4.78, 5) is 14.9. The highest BCUT2D eigenvalue weighted by Gasteiger charge is 2.59. The number of aliphatic imine (C=N–C) groups is 1. The summed E-state index contributed by atoms with van der Waals surface area (Å²) in [5.41, 5.74) is -3.88. The second-order valence-electron chi connectivity index (χ2n) is 3.66. The first-order valence-corrected chi connectivity index (χ1v) is 8.41. The van der Waals surface area contributed by atoms with Crippen LogP contribution in [0.1, 0.15) is 13.8 Å². The summed E-state index contributed by atoms with van der Waals surface area (Å²) in [6, 6.07) is -1.03. The van der Waals surface area contributed by atoms with Crippen LogP contribution in [-0.2, 0) is 23.1 Å². The maximum absolute atomic E-state index is 14.3. The zero-order valence-electron chi connectivity index (χ0n) is 11.3. The van der Waals surface area contributed by atoms with Crippen molar-refractivity contribution in [2.45, 2.75) is 25.6 Å². The first kappa shape index (κ1) is 17.6. The smallest absolute Gasteiger partial charge is 0.406 e. The van der Waals surface area contributed by atoms with E-state index in [9.17, 15) is 18.1 Å². The molecule has 0 radical (unpaired) electrons. The first-order chi connectivity index (χ1) is 9.32. The number of esters is 1. The Bertz CT molecular complexity index is 435. The molecule has 1 aliphatic rings. The molecule has 0 aliphatic carbocycles. The van der Waals surface area contributed by atoms with Gasteiger partial charge in [-0.3, -0.25) is 9.56 Å². The van der Waals surface area contributed by atoms with Gasteiger partial charge < -0.3 is 13.8 Å². The van der Waals surface area contributed by atoms with Gasteiger partial charge >= 0.3 is 19.2 Å². The summed E-state index contributed by atoms with van der Waals surface area (Å²) < 4.78 is 54.4. The Kier molecular flexibility index (Phi) is 6.12. The molecule has 0 saturated heterocycles. The van der Waals surface area contributed by atoms with Gasteiger partial charge in [0.25, 0.3) is 0 Å². The molecular formula is C10H16F2NO5PS. The Morgan fingerprint density at radius 2 is 2.00 bits per heavy atom. The van der Waals surface area contributed by atoms with E-state index in [-0.39, 0.29) is 19.0 Å². The van der Waals surface area contributed by atoms with Gasteiger partial charge in [0.1, 0.15) is 0 Å². The minimum absolute atomic E-state index is 0.00977. The summed E-state index contributed by atoms with van der Waals surface area (Å²) in [6.45, 7) is 2.49. The third-order valence-electron chi connectivity index (χ3n) is 2.32. The molecule has 20 heavy (non-hydrogen) atoms. The molecule has 0 aromatic rings. The highest BCUT2D eigenvalue weighted by Crippen LogP contribution is 2.64. The van der Waals surface area contributed by atoms with Crippen LogP contribution < -0.4 is 0 Å². The predicted molar refractivity (Wildman–Crippen MR) is 71.5 cm³/mol. The van der Waals surface area contributed by atoms with Gasteiger partial charge in [0.05, 0.1) is 20.3 Å². The molecule has 0 saturated carbocycles. The summed E-state index contributed by atoms with van der Waals surface area (Å²) in [5.74, 6) is -0.707. The summed E-state index contributed by atoms with van der Waals surface area (Å²) >= 11 is 0.647. The van der Waals surface area contributed by atoms with Crippen LogP contribution in [0.4, 0.5) is 8.78 Å². The van der Waals surface area contributed by atoms with Crippen molar-refractivity contribution in [3.63, 3.8) is 0 Å². The van der Waals surface area contributed by atoms with Crippen LogP contribution in [0.3, 0.4) is 0 Å².